The van der Waals surface area contributed by atoms with Crippen LogP contribution in [0.5, 0.6) is 0 Å². The third-order valence-electron chi connectivity index (χ3n) is 3.74. The van der Waals surface area contributed by atoms with E-state index in [1.54, 1.807) is 24.3 Å². The zero-order chi connectivity index (χ0) is 16.6. The molecule has 0 unspecified atom stereocenters. The lowest BCUT2D eigenvalue weighted by molar-refractivity contribution is -0.121. The van der Waals surface area contributed by atoms with E-state index in [0.717, 1.165) is 4.90 Å². The molecule has 2 aromatic rings. The fourth-order valence-corrected chi connectivity index (χ4v) is 2.82. The first-order chi connectivity index (χ1) is 11.0. The second-order valence-electron chi connectivity index (χ2n) is 5.36. The molecule has 0 bridgehead atoms. The highest BCUT2D eigenvalue weighted by atomic mass is 35.5. The van der Waals surface area contributed by atoms with Crippen molar-refractivity contribution in [2.45, 2.75) is 18.6 Å². The molecule has 1 aromatic carbocycles. The summed E-state index contributed by atoms with van der Waals surface area (Å²) in [5.74, 6) is -1.18. The summed E-state index contributed by atoms with van der Waals surface area (Å²) >= 11 is 5.93. The number of likely N-dealkylation sites (tertiary alicyclic amines) is 1. The number of hydrogen-bond acceptors (Lipinski definition) is 3. The maximum Gasteiger partial charge on any atom is 0.257 e. The zero-order valence-corrected chi connectivity index (χ0v) is 12.8. The van der Waals surface area contributed by atoms with Crippen molar-refractivity contribution in [2.24, 2.45) is 5.73 Å². The number of carbonyl (C=O) groups is 2. The van der Waals surface area contributed by atoms with Gasteiger partial charge in [-0.05, 0) is 18.2 Å². The van der Waals surface area contributed by atoms with Crippen LogP contribution in [0.2, 0.25) is 5.02 Å². The summed E-state index contributed by atoms with van der Waals surface area (Å²) in [5, 5.41) is 4.65. The number of primary amides is 1. The summed E-state index contributed by atoms with van der Waals surface area (Å²) in [4.78, 5) is 25.0. The highest BCUT2D eigenvalue weighted by molar-refractivity contribution is 6.30. The Kier molecular flexibility index (Phi) is 4.04. The molecule has 3 rings (SSSR count). The minimum atomic E-state index is -1.25. The van der Waals surface area contributed by atoms with Crippen molar-refractivity contribution in [3.8, 4) is 5.69 Å². The van der Waals surface area contributed by atoms with Gasteiger partial charge in [0, 0.05) is 17.6 Å². The summed E-state index contributed by atoms with van der Waals surface area (Å²) < 4.78 is 15.0. The molecular weight excluding hydrogens is 323 g/mol. The molecule has 1 aliphatic rings. The average Bonchev–Trinajstić information content (AvgIpc) is 3.13. The maximum atomic E-state index is 13.5. The van der Waals surface area contributed by atoms with Crippen LogP contribution < -0.4 is 5.73 Å². The van der Waals surface area contributed by atoms with E-state index < -0.39 is 24.0 Å². The van der Waals surface area contributed by atoms with Gasteiger partial charge in [-0.15, -0.1) is 0 Å². The average molecular weight is 337 g/mol. The van der Waals surface area contributed by atoms with Crippen LogP contribution in [0.15, 0.2) is 36.7 Å². The molecular formula is C15H14ClFN4O2. The number of halogens is 2. The van der Waals surface area contributed by atoms with Crippen LogP contribution in [-0.4, -0.2) is 45.3 Å². The Morgan fingerprint density at radius 2 is 2.17 bits per heavy atom. The van der Waals surface area contributed by atoms with Crippen molar-refractivity contribution >= 4 is 23.4 Å². The van der Waals surface area contributed by atoms with E-state index in [9.17, 15) is 14.0 Å². The Morgan fingerprint density at radius 3 is 2.87 bits per heavy atom. The quantitative estimate of drug-likeness (QED) is 0.923. The number of benzene rings is 1. The number of nitrogens with zero attached hydrogens (tertiary/aromatic N) is 3. The van der Waals surface area contributed by atoms with Gasteiger partial charge < -0.3 is 10.6 Å². The molecule has 1 saturated heterocycles. The summed E-state index contributed by atoms with van der Waals surface area (Å²) in [6, 6.07) is 6.05. The van der Waals surface area contributed by atoms with Crippen LogP contribution in [0.3, 0.4) is 0 Å². The minimum Gasteiger partial charge on any atom is -0.368 e. The van der Waals surface area contributed by atoms with Crippen molar-refractivity contribution < 1.29 is 14.0 Å². The smallest absolute Gasteiger partial charge is 0.257 e. The highest BCUT2D eigenvalue weighted by Gasteiger charge is 2.39. The molecule has 1 aliphatic heterocycles. The fraction of sp³-hybridized carbons (Fsp3) is 0.267. The molecule has 0 saturated carbocycles. The van der Waals surface area contributed by atoms with Crippen molar-refractivity contribution in [1.29, 1.82) is 0 Å². The number of nitrogens with two attached hydrogens (primary N) is 1. The van der Waals surface area contributed by atoms with Crippen LogP contribution >= 0.6 is 11.6 Å². The third-order valence-corrected chi connectivity index (χ3v) is 3.98. The minimum absolute atomic E-state index is 0.0660. The van der Waals surface area contributed by atoms with Gasteiger partial charge in [-0.1, -0.05) is 17.7 Å². The first kappa shape index (κ1) is 15.5. The molecule has 120 valence electrons. The molecule has 1 aromatic heterocycles. The van der Waals surface area contributed by atoms with Gasteiger partial charge in [-0.3, -0.25) is 9.59 Å². The van der Waals surface area contributed by atoms with Crippen LogP contribution in [0, 0.1) is 0 Å². The topological polar surface area (TPSA) is 81.2 Å². The van der Waals surface area contributed by atoms with E-state index in [0.29, 0.717) is 10.7 Å². The predicted octanol–water partition coefficient (Wildman–Crippen LogP) is 1.56. The lowest BCUT2D eigenvalue weighted by Crippen LogP contribution is -2.43. The predicted molar refractivity (Wildman–Crippen MR) is 82.1 cm³/mol. The van der Waals surface area contributed by atoms with Gasteiger partial charge >= 0.3 is 0 Å². The van der Waals surface area contributed by atoms with E-state index in [1.165, 1.54) is 17.1 Å². The number of alkyl halides is 1. The van der Waals surface area contributed by atoms with Gasteiger partial charge in [0.1, 0.15) is 12.2 Å². The van der Waals surface area contributed by atoms with Gasteiger partial charge in [-0.25, -0.2) is 9.07 Å². The molecule has 2 heterocycles. The van der Waals surface area contributed by atoms with Gasteiger partial charge in [0.15, 0.2) is 0 Å². The van der Waals surface area contributed by atoms with Gasteiger partial charge in [0.25, 0.3) is 5.91 Å². The second kappa shape index (κ2) is 6.00. The second-order valence-corrected chi connectivity index (χ2v) is 5.80. The molecule has 2 N–H and O–H groups in total. The normalized spacial score (nSPS) is 20.7. The van der Waals surface area contributed by atoms with Crippen molar-refractivity contribution in [3.63, 3.8) is 0 Å². The van der Waals surface area contributed by atoms with Gasteiger partial charge in [-0.2, -0.15) is 5.10 Å². The van der Waals surface area contributed by atoms with E-state index in [-0.39, 0.29) is 18.5 Å². The van der Waals surface area contributed by atoms with Gasteiger partial charge in [0.2, 0.25) is 5.91 Å². The third kappa shape index (κ3) is 3.05. The summed E-state index contributed by atoms with van der Waals surface area (Å²) in [5.41, 5.74) is 6.19. The first-order valence-electron chi connectivity index (χ1n) is 7.00. The number of carbonyl (C=O) groups excluding carboxylic acids is 2. The number of aromatic nitrogens is 2. The van der Waals surface area contributed by atoms with E-state index >= 15 is 0 Å². The Balaban J connectivity index is 1.85. The monoisotopic (exact) mass is 336 g/mol. The zero-order valence-electron chi connectivity index (χ0n) is 12.0. The molecule has 23 heavy (non-hydrogen) atoms. The van der Waals surface area contributed by atoms with Crippen LogP contribution in [0.4, 0.5) is 4.39 Å². The van der Waals surface area contributed by atoms with E-state index in [1.807, 2.05) is 0 Å². The summed E-state index contributed by atoms with van der Waals surface area (Å²) in [7, 11) is 0. The first-order valence-corrected chi connectivity index (χ1v) is 7.38. The Hall–Kier alpha value is -2.41. The largest absolute Gasteiger partial charge is 0.368 e. The molecule has 8 heteroatoms. The van der Waals surface area contributed by atoms with Crippen molar-refractivity contribution in [2.75, 3.05) is 6.54 Å². The van der Waals surface area contributed by atoms with Crippen LogP contribution in [0.25, 0.3) is 5.69 Å². The Labute approximate surface area is 136 Å². The molecule has 0 aliphatic carbocycles. The van der Waals surface area contributed by atoms with Crippen LogP contribution in [-0.2, 0) is 4.79 Å². The Bertz CT molecular complexity index is 763. The SMILES string of the molecule is NC(=O)[C@@H]1C[C@@H](F)CN1C(=O)c1cnn(-c2cccc(Cl)c2)c1. The number of hydrogen-bond donors (Lipinski definition) is 1. The standard InChI is InChI=1S/C15H14ClFN4O2/c16-10-2-1-3-12(4-10)21-7-9(6-19-21)15(23)20-8-11(17)5-13(20)14(18)22/h1-4,6-7,11,13H,5,8H2,(H2,18,22)/t11-,13+/m1/s1. The maximum absolute atomic E-state index is 13.5. The number of amides is 2. The molecule has 2 amide bonds. The van der Waals surface area contributed by atoms with Gasteiger partial charge in [0.05, 0.1) is 24.0 Å². The summed E-state index contributed by atoms with van der Waals surface area (Å²) in [6.07, 6.45) is 1.56. The van der Waals surface area contributed by atoms with E-state index in [4.69, 9.17) is 17.3 Å². The molecule has 0 radical (unpaired) electrons. The molecule has 0 spiro atoms. The summed E-state index contributed by atoms with van der Waals surface area (Å²) in [6.45, 7) is -0.144. The van der Waals surface area contributed by atoms with Crippen molar-refractivity contribution in [1.82, 2.24) is 14.7 Å². The molecule has 6 nitrogen and oxygen atoms in total. The Morgan fingerprint density at radius 1 is 1.39 bits per heavy atom. The van der Waals surface area contributed by atoms with E-state index in [2.05, 4.69) is 5.10 Å². The lowest BCUT2D eigenvalue weighted by atomic mass is 10.2. The number of rotatable bonds is 3. The van der Waals surface area contributed by atoms with Crippen molar-refractivity contribution in [3.05, 3.63) is 47.2 Å². The lowest BCUT2D eigenvalue weighted by Gasteiger charge is -2.20. The fourth-order valence-electron chi connectivity index (χ4n) is 2.64. The highest BCUT2D eigenvalue weighted by Crippen LogP contribution is 2.23. The molecule has 2 atom stereocenters. The molecule has 1 fully saturated rings. The van der Waals surface area contributed by atoms with Crippen LogP contribution in [0.1, 0.15) is 16.8 Å².